The molecule has 0 aliphatic rings. The molecule has 0 aliphatic carbocycles. The number of rotatable bonds is 2. The zero-order chi connectivity index (χ0) is 10.0. The Labute approximate surface area is 87.1 Å². The molecular weight excluding hydrogens is 230 g/mol. The van der Waals surface area contributed by atoms with Crippen LogP contribution in [0, 0.1) is 0 Å². The Balaban J connectivity index is 3.01. The Bertz CT molecular complexity index is 299. The maximum Gasteiger partial charge on any atom is 0.151 e. The minimum Gasteiger partial charge on any atom is -0.396 e. The van der Waals surface area contributed by atoms with Crippen molar-refractivity contribution in [3.05, 3.63) is 16.7 Å². The van der Waals surface area contributed by atoms with Crippen molar-refractivity contribution in [2.45, 2.75) is 19.9 Å². The van der Waals surface area contributed by atoms with Gasteiger partial charge < -0.3 is 10.6 Å². The first-order valence-corrected chi connectivity index (χ1v) is 4.95. The van der Waals surface area contributed by atoms with Crippen LogP contribution in [0.2, 0.25) is 0 Å². The van der Waals surface area contributed by atoms with Crippen molar-refractivity contribution in [3.63, 3.8) is 0 Å². The first-order valence-electron chi connectivity index (χ1n) is 4.16. The molecule has 0 bridgehead atoms. The molecule has 13 heavy (non-hydrogen) atoms. The molecule has 4 heteroatoms. The SMILES string of the molecule is CC(C)N(C)c1ncc(Br)cc1N. The van der Waals surface area contributed by atoms with Crippen LogP contribution >= 0.6 is 15.9 Å². The van der Waals surface area contributed by atoms with Crippen LogP contribution in [0.15, 0.2) is 16.7 Å². The van der Waals surface area contributed by atoms with Gasteiger partial charge in [-0.05, 0) is 35.8 Å². The van der Waals surface area contributed by atoms with E-state index >= 15 is 0 Å². The van der Waals surface area contributed by atoms with Gasteiger partial charge in [0.1, 0.15) is 0 Å². The third-order valence-corrected chi connectivity index (χ3v) is 2.40. The van der Waals surface area contributed by atoms with Crippen molar-refractivity contribution in [1.29, 1.82) is 0 Å². The molecule has 0 atom stereocenters. The van der Waals surface area contributed by atoms with Crippen LogP contribution in [-0.2, 0) is 0 Å². The van der Waals surface area contributed by atoms with E-state index in [1.807, 2.05) is 18.0 Å². The topological polar surface area (TPSA) is 42.2 Å². The summed E-state index contributed by atoms with van der Waals surface area (Å²) >= 11 is 3.32. The molecule has 0 aliphatic heterocycles. The quantitative estimate of drug-likeness (QED) is 0.867. The summed E-state index contributed by atoms with van der Waals surface area (Å²) in [4.78, 5) is 6.30. The minimum atomic E-state index is 0.399. The summed E-state index contributed by atoms with van der Waals surface area (Å²) in [6, 6.07) is 2.26. The molecular formula is C9H14BrN3. The Kier molecular flexibility index (Phi) is 3.14. The summed E-state index contributed by atoms with van der Waals surface area (Å²) < 4.78 is 0.908. The van der Waals surface area contributed by atoms with Crippen LogP contribution in [0.4, 0.5) is 11.5 Å². The second kappa shape index (κ2) is 3.96. The smallest absolute Gasteiger partial charge is 0.151 e. The van der Waals surface area contributed by atoms with Crippen molar-refractivity contribution in [2.24, 2.45) is 0 Å². The lowest BCUT2D eigenvalue weighted by Gasteiger charge is -2.23. The Morgan fingerprint density at radius 2 is 2.15 bits per heavy atom. The highest BCUT2D eigenvalue weighted by Crippen LogP contribution is 2.23. The lowest BCUT2D eigenvalue weighted by Crippen LogP contribution is -2.27. The molecule has 1 aromatic heterocycles. The maximum absolute atomic E-state index is 5.83. The predicted octanol–water partition coefficient (Wildman–Crippen LogP) is 2.27. The van der Waals surface area contributed by atoms with Crippen LogP contribution in [0.5, 0.6) is 0 Å². The van der Waals surface area contributed by atoms with Crippen LogP contribution in [0.25, 0.3) is 0 Å². The summed E-state index contributed by atoms with van der Waals surface area (Å²) in [5, 5.41) is 0. The molecule has 3 nitrogen and oxygen atoms in total. The van der Waals surface area contributed by atoms with Crippen LogP contribution < -0.4 is 10.6 Å². The largest absolute Gasteiger partial charge is 0.396 e. The predicted molar refractivity (Wildman–Crippen MR) is 59.9 cm³/mol. The van der Waals surface area contributed by atoms with E-state index in [0.717, 1.165) is 10.3 Å². The van der Waals surface area contributed by atoms with Crippen molar-refractivity contribution in [3.8, 4) is 0 Å². The van der Waals surface area contributed by atoms with E-state index in [1.165, 1.54) is 0 Å². The fraction of sp³-hybridized carbons (Fsp3) is 0.444. The van der Waals surface area contributed by atoms with Gasteiger partial charge in [-0.1, -0.05) is 0 Å². The highest BCUT2D eigenvalue weighted by atomic mass is 79.9. The second-order valence-electron chi connectivity index (χ2n) is 3.27. The van der Waals surface area contributed by atoms with E-state index in [-0.39, 0.29) is 0 Å². The van der Waals surface area contributed by atoms with Gasteiger partial charge in [0.25, 0.3) is 0 Å². The summed E-state index contributed by atoms with van der Waals surface area (Å²) in [6.45, 7) is 4.20. The molecule has 1 rings (SSSR count). The van der Waals surface area contributed by atoms with Crippen molar-refractivity contribution in [1.82, 2.24) is 4.98 Å². The Morgan fingerprint density at radius 1 is 1.54 bits per heavy atom. The van der Waals surface area contributed by atoms with Gasteiger partial charge in [-0.25, -0.2) is 4.98 Å². The van der Waals surface area contributed by atoms with Gasteiger partial charge in [0.15, 0.2) is 5.82 Å². The third-order valence-electron chi connectivity index (χ3n) is 1.97. The van der Waals surface area contributed by atoms with Gasteiger partial charge >= 0.3 is 0 Å². The molecule has 72 valence electrons. The number of nitrogens with two attached hydrogens (primary N) is 1. The number of nitrogen functional groups attached to an aromatic ring is 1. The minimum absolute atomic E-state index is 0.399. The first-order chi connectivity index (χ1) is 6.02. The number of halogens is 1. The number of aromatic nitrogens is 1. The third kappa shape index (κ3) is 2.34. The summed E-state index contributed by atoms with van der Waals surface area (Å²) in [5.41, 5.74) is 6.53. The van der Waals surface area contributed by atoms with E-state index in [0.29, 0.717) is 11.7 Å². The standard InChI is InChI=1S/C9H14BrN3/c1-6(2)13(3)9-8(11)4-7(10)5-12-9/h4-6H,11H2,1-3H3. The monoisotopic (exact) mass is 243 g/mol. The van der Waals surface area contributed by atoms with Crippen LogP contribution in [-0.4, -0.2) is 18.1 Å². The lowest BCUT2D eigenvalue weighted by molar-refractivity contribution is 0.744. The average molecular weight is 244 g/mol. The highest BCUT2D eigenvalue weighted by molar-refractivity contribution is 9.10. The number of nitrogens with zero attached hydrogens (tertiary/aromatic N) is 2. The molecule has 0 spiro atoms. The molecule has 1 heterocycles. The van der Waals surface area contributed by atoms with E-state index in [9.17, 15) is 0 Å². The van der Waals surface area contributed by atoms with E-state index < -0.39 is 0 Å². The maximum atomic E-state index is 5.83. The van der Waals surface area contributed by atoms with Crippen LogP contribution in [0.1, 0.15) is 13.8 Å². The van der Waals surface area contributed by atoms with Gasteiger partial charge in [-0.3, -0.25) is 0 Å². The van der Waals surface area contributed by atoms with E-state index in [2.05, 4.69) is 34.8 Å². The van der Waals surface area contributed by atoms with Crippen molar-refractivity contribution < 1.29 is 0 Å². The number of pyridine rings is 1. The molecule has 0 radical (unpaired) electrons. The number of anilines is 2. The molecule has 0 fully saturated rings. The molecule has 0 saturated heterocycles. The van der Waals surface area contributed by atoms with Gasteiger partial charge in [-0.15, -0.1) is 0 Å². The second-order valence-corrected chi connectivity index (χ2v) is 4.19. The number of hydrogen-bond donors (Lipinski definition) is 1. The first kappa shape index (κ1) is 10.3. The molecule has 0 saturated carbocycles. The Hall–Kier alpha value is -0.770. The average Bonchev–Trinajstić information content (AvgIpc) is 2.03. The fourth-order valence-electron chi connectivity index (χ4n) is 0.987. The number of hydrogen-bond acceptors (Lipinski definition) is 3. The lowest BCUT2D eigenvalue weighted by atomic mass is 10.3. The highest BCUT2D eigenvalue weighted by Gasteiger charge is 2.09. The fourth-order valence-corrected chi connectivity index (χ4v) is 1.34. The summed E-state index contributed by atoms with van der Waals surface area (Å²) in [5.74, 6) is 0.832. The zero-order valence-electron chi connectivity index (χ0n) is 8.08. The molecule has 0 amide bonds. The van der Waals surface area contributed by atoms with Gasteiger partial charge in [0.05, 0.1) is 5.69 Å². The van der Waals surface area contributed by atoms with Gasteiger partial charge in [0, 0.05) is 23.8 Å². The summed E-state index contributed by atoms with van der Waals surface area (Å²) in [7, 11) is 1.98. The summed E-state index contributed by atoms with van der Waals surface area (Å²) in [6.07, 6.45) is 1.75. The van der Waals surface area contributed by atoms with Crippen LogP contribution in [0.3, 0.4) is 0 Å². The molecule has 0 unspecified atom stereocenters. The molecule has 1 aromatic rings. The van der Waals surface area contributed by atoms with Crippen molar-refractivity contribution >= 4 is 27.4 Å². The van der Waals surface area contributed by atoms with Gasteiger partial charge in [-0.2, -0.15) is 0 Å². The Morgan fingerprint density at radius 3 is 2.62 bits per heavy atom. The normalized spacial score (nSPS) is 10.5. The molecule has 0 aromatic carbocycles. The molecule has 2 N–H and O–H groups in total. The van der Waals surface area contributed by atoms with Crippen molar-refractivity contribution in [2.75, 3.05) is 17.7 Å². The van der Waals surface area contributed by atoms with E-state index in [4.69, 9.17) is 5.73 Å². The van der Waals surface area contributed by atoms with E-state index in [1.54, 1.807) is 6.20 Å². The van der Waals surface area contributed by atoms with Gasteiger partial charge in [0.2, 0.25) is 0 Å². The zero-order valence-corrected chi connectivity index (χ0v) is 9.67.